The second kappa shape index (κ2) is 4.33. The molecule has 0 saturated carbocycles. The Morgan fingerprint density at radius 1 is 1.29 bits per heavy atom. The predicted molar refractivity (Wildman–Crippen MR) is 50.7 cm³/mol. The molecule has 14 heavy (non-hydrogen) atoms. The summed E-state index contributed by atoms with van der Waals surface area (Å²) < 4.78 is 25.3. The van der Waals surface area contributed by atoms with E-state index in [0.29, 0.717) is 5.56 Å². The highest BCUT2D eigenvalue weighted by Gasteiger charge is 2.07. The molecule has 1 unspecified atom stereocenters. The Balaban J connectivity index is 2.97. The summed E-state index contributed by atoms with van der Waals surface area (Å²) in [5, 5.41) is 9.54. The number of aliphatic hydroxyl groups is 1. The number of rotatable bonds is 2. The van der Waals surface area contributed by atoms with E-state index in [2.05, 4.69) is 0 Å². The monoisotopic (exact) mass is 198 g/mol. The van der Waals surface area contributed by atoms with Crippen molar-refractivity contribution in [2.75, 3.05) is 0 Å². The first-order valence-electron chi connectivity index (χ1n) is 4.28. The van der Waals surface area contributed by atoms with E-state index in [1.165, 1.54) is 6.07 Å². The molecule has 1 nitrogen and oxygen atoms in total. The maximum Gasteiger partial charge on any atom is 0.159 e. The Hall–Kier alpha value is -1.22. The van der Waals surface area contributed by atoms with Gasteiger partial charge in [0.1, 0.15) is 0 Å². The average molecular weight is 198 g/mol. The van der Waals surface area contributed by atoms with E-state index < -0.39 is 17.7 Å². The Labute approximate surface area is 81.7 Å². The zero-order valence-electron chi connectivity index (χ0n) is 8.09. The molecule has 0 spiro atoms. The maximum atomic E-state index is 12.8. The number of hydrogen-bond acceptors (Lipinski definition) is 1. The largest absolute Gasteiger partial charge is 0.384 e. The van der Waals surface area contributed by atoms with Gasteiger partial charge in [-0.2, -0.15) is 0 Å². The molecule has 3 heteroatoms. The van der Waals surface area contributed by atoms with Crippen molar-refractivity contribution in [1.29, 1.82) is 0 Å². The van der Waals surface area contributed by atoms with Gasteiger partial charge in [-0.05, 0) is 31.5 Å². The van der Waals surface area contributed by atoms with Crippen molar-refractivity contribution >= 4 is 0 Å². The minimum atomic E-state index is -0.941. The van der Waals surface area contributed by atoms with Crippen molar-refractivity contribution in [3.05, 3.63) is 47.0 Å². The van der Waals surface area contributed by atoms with Crippen LogP contribution in [0.3, 0.4) is 0 Å². The summed E-state index contributed by atoms with van der Waals surface area (Å²) in [6.07, 6.45) is 0.697. The highest BCUT2D eigenvalue weighted by atomic mass is 19.2. The second-order valence-electron chi connectivity index (χ2n) is 3.36. The molecule has 1 rings (SSSR count). The number of aliphatic hydroxyl groups excluding tert-OH is 1. The third-order valence-electron chi connectivity index (χ3n) is 1.78. The third kappa shape index (κ3) is 2.64. The predicted octanol–water partition coefficient (Wildman–Crippen LogP) is 2.96. The molecule has 0 bridgehead atoms. The van der Waals surface area contributed by atoms with Crippen molar-refractivity contribution in [2.45, 2.75) is 20.0 Å². The lowest BCUT2D eigenvalue weighted by Crippen LogP contribution is -1.96. The van der Waals surface area contributed by atoms with Crippen LogP contribution in [-0.4, -0.2) is 5.11 Å². The fraction of sp³-hybridized carbons (Fsp3) is 0.273. The average Bonchev–Trinajstić information content (AvgIpc) is 2.08. The minimum absolute atomic E-state index is 0.352. The van der Waals surface area contributed by atoms with Crippen LogP contribution in [0, 0.1) is 11.6 Å². The van der Waals surface area contributed by atoms with E-state index in [-0.39, 0.29) is 0 Å². The molecule has 0 heterocycles. The second-order valence-corrected chi connectivity index (χ2v) is 3.36. The number of allylic oxidation sites excluding steroid dienone is 1. The molecule has 0 aliphatic rings. The zero-order valence-corrected chi connectivity index (χ0v) is 8.09. The number of benzene rings is 1. The van der Waals surface area contributed by atoms with Gasteiger partial charge in [0.2, 0.25) is 0 Å². The van der Waals surface area contributed by atoms with Crippen LogP contribution in [0.2, 0.25) is 0 Å². The van der Waals surface area contributed by atoms with Gasteiger partial charge in [-0.25, -0.2) is 8.78 Å². The first-order valence-corrected chi connectivity index (χ1v) is 4.28. The van der Waals surface area contributed by atoms with Gasteiger partial charge in [-0.1, -0.05) is 17.7 Å². The topological polar surface area (TPSA) is 20.2 Å². The standard InChI is InChI=1S/C11H12F2O/c1-7(2)5-11(14)8-3-4-9(12)10(13)6-8/h3-6,11,14H,1-2H3. The van der Waals surface area contributed by atoms with Crippen LogP contribution >= 0.6 is 0 Å². The Bertz CT molecular complexity index is 354. The van der Waals surface area contributed by atoms with Gasteiger partial charge in [0.15, 0.2) is 11.6 Å². The highest BCUT2D eigenvalue weighted by Crippen LogP contribution is 2.18. The first-order chi connectivity index (χ1) is 6.50. The van der Waals surface area contributed by atoms with Gasteiger partial charge in [0, 0.05) is 0 Å². The minimum Gasteiger partial charge on any atom is -0.384 e. The van der Waals surface area contributed by atoms with E-state index in [4.69, 9.17) is 0 Å². The van der Waals surface area contributed by atoms with Crippen LogP contribution in [0.4, 0.5) is 8.78 Å². The fourth-order valence-corrected chi connectivity index (χ4v) is 1.11. The molecule has 76 valence electrons. The van der Waals surface area contributed by atoms with Crippen LogP contribution < -0.4 is 0 Å². The Morgan fingerprint density at radius 2 is 1.93 bits per heavy atom. The van der Waals surface area contributed by atoms with Crippen molar-refractivity contribution < 1.29 is 13.9 Å². The quantitative estimate of drug-likeness (QED) is 0.724. The van der Waals surface area contributed by atoms with Crippen LogP contribution in [0.5, 0.6) is 0 Å². The van der Waals surface area contributed by atoms with Crippen molar-refractivity contribution in [2.24, 2.45) is 0 Å². The van der Waals surface area contributed by atoms with Gasteiger partial charge in [0.25, 0.3) is 0 Å². The fourth-order valence-electron chi connectivity index (χ4n) is 1.11. The SMILES string of the molecule is CC(C)=CC(O)c1ccc(F)c(F)c1. The molecule has 1 N–H and O–H groups in total. The molecular formula is C11H12F2O. The summed E-state index contributed by atoms with van der Waals surface area (Å²) in [6.45, 7) is 3.65. The lowest BCUT2D eigenvalue weighted by atomic mass is 10.1. The van der Waals surface area contributed by atoms with Gasteiger partial charge in [-0.3, -0.25) is 0 Å². The number of hydrogen-bond donors (Lipinski definition) is 1. The lowest BCUT2D eigenvalue weighted by molar-refractivity contribution is 0.227. The molecule has 1 atom stereocenters. The summed E-state index contributed by atoms with van der Waals surface area (Å²) in [5.74, 6) is -1.85. The van der Waals surface area contributed by atoms with Gasteiger partial charge >= 0.3 is 0 Å². The molecule has 1 aromatic carbocycles. The molecule has 0 saturated heterocycles. The summed E-state index contributed by atoms with van der Waals surface area (Å²) in [4.78, 5) is 0. The van der Waals surface area contributed by atoms with E-state index in [0.717, 1.165) is 17.7 Å². The van der Waals surface area contributed by atoms with Crippen molar-refractivity contribution in [3.63, 3.8) is 0 Å². The third-order valence-corrected chi connectivity index (χ3v) is 1.78. The normalized spacial score (nSPS) is 12.4. The van der Waals surface area contributed by atoms with Crippen molar-refractivity contribution in [3.8, 4) is 0 Å². The molecule has 0 amide bonds. The van der Waals surface area contributed by atoms with Gasteiger partial charge in [0.05, 0.1) is 6.10 Å². The zero-order chi connectivity index (χ0) is 10.7. The van der Waals surface area contributed by atoms with E-state index >= 15 is 0 Å². The van der Waals surface area contributed by atoms with E-state index in [1.54, 1.807) is 6.08 Å². The van der Waals surface area contributed by atoms with E-state index in [1.807, 2.05) is 13.8 Å². The van der Waals surface area contributed by atoms with Crippen LogP contribution in [0.1, 0.15) is 25.5 Å². The van der Waals surface area contributed by atoms with Crippen LogP contribution in [0.25, 0.3) is 0 Å². The first kappa shape index (κ1) is 10.9. The molecule has 0 aliphatic carbocycles. The van der Waals surface area contributed by atoms with Crippen LogP contribution in [-0.2, 0) is 0 Å². The molecule has 0 fully saturated rings. The Kier molecular flexibility index (Phi) is 3.36. The number of halogens is 2. The molecule has 1 aromatic rings. The summed E-state index contributed by atoms with van der Waals surface area (Å²) in [5.41, 5.74) is 1.27. The molecule has 0 radical (unpaired) electrons. The smallest absolute Gasteiger partial charge is 0.159 e. The summed E-state index contributed by atoms with van der Waals surface area (Å²) in [6, 6.07) is 3.37. The van der Waals surface area contributed by atoms with Crippen LogP contribution in [0.15, 0.2) is 29.8 Å². The van der Waals surface area contributed by atoms with Gasteiger partial charge < -0.3 is 5.11 Å². The molecular weight excluding hydrogens is 186 g/mol. The van der Waals surface area contributed by atoms with Crippen molar-refractivity contribution in [1.82, 2.24) is 0 Å². The Morgan fingerprint density at radius 3 is 2.43 bits per heavy atom. The lowest BCUT2D eigenvalue weighted by Gasteiger charge is -2.06. The molecule has 0 aliphatic heterocycles. The summed E-state index contributed by atoms with van der Waals surface area (Å²) in [7, 11) is 0. The van der Waals surface area contributed by atoms with E-state index in [9.17, 15) is 13.9 Å². The molecule has 0 aromatic heterocycles. The summed E-state index contributed by atoms with van der Waals surface area (Å²) >= 11 is 0. The van der Waals surface area contributed by atoms with Gasteiger partial charge in [-0.15, -0.1) is 0 Å². The highest BCUT2D eigenvalue weighted by molar-refractivity contribution is 5.23. The maximum absolute atomic E-state index is 12.8.